The summed E-state index contributed by atoms with van der Waals surface area (Å²) in [5.41, 5.74) is 7.68. The zero-order chi connectivity index (χ0) is 13.3. The van der Waals surface area contributed by atoms with Crippen molar-refractivity contribution in [3.63, 3.8) is 0 Å². The molecule has 0 spiro atoms. The number of aromatic amines is 1. The van der Waals surface area contributed by atoms with E-state index in [4.69, 9.17) is 10.8 Å². The number of carbonyl (C=O) groups excluding carboxylic acids is 1. The summed E-state index contributed by atoms with van der Waals surface area (Å²) in [5, 5.41) is 8.78. The number of nitrogen functional groups attached to an aromatic ring is 1. The summed E-state index contributed by atoms with van der Waals surface area (Å²) in [5.74, 6) is -1.40. The lowest BCUT2D eigenvalue weighted by molar-refractivity contribution is 0.0691. The van der Waals surface area contributed by atoms with Gasteiger partial charge < -0.3 is 15.8 Å². The standard InChI is InChI=1S/C13H12N2O3/c1-7-2-3-10(14)9(4-7)12(16)8-5-11(13(17)18)15-6-8/h2-6,15H,14H2,1H3,(H,17,18). The van der Waals surface area contributed by atoms with Gasteiger partial charge in [0.15, 0.2) is 5.78 Å². The summed E-state index contributed by atoms with van der Waals surface area (Å²) in [6.45, 7) is 1.86. The first kappa shape index (κ1) is 11.9. The van der Waals surface area contributed by atoms with E-state index in [2.05, 4.69) is 4.98 Å². The van der Waals surface area contributed by atoms with Gasteiger partial charge in [-0.1, -0.05) is 11.6 Å². The van der Waals surface area contributed by atoms with Gasteiger partial charge >= 0.3 is 5.97 Å². The molecule has 0 unspecified atom stereocenters. The normalized spacial score (nSPS) is 10.3. The van der Waals surface area contributed by atoms with E-state index in [1.807, 2.05) is 13.0 Å². The Bertz CT molecular complexity index is 629. The minimum atomic E-state index is -1.11. The zero-order valence-electron chi connectivity index (χ0n) is 9.73. The number of nitrogens with two attached hydrogens (primary N) is 1. The van der Waals surface area contributed by atoms with Crippen LogP contribution in [-0.2, 0) is 0 Å². The van der Waals surface area contributed by atoms with Crippen LogP contribution in [-0.4, -0.2) is 21.8 Å². The lowest BCUT2D eigenvalue weighted by Gasteiger charge is -2.04. The average Bonchev–Trinajstić information content (AvgIpc) is 2.81. The van der Waals surface area contributed by atoms with E-state index in [0.717, 1.165) is 5.56 Å². The third kappa shape index (κ3) is 2.10. The first-order chi connectivity index (χ1) is 8.49. The molecular weight excluding hydrogens is 232 g/mol. The molecule has 0 aliphatic heterocycles. The van der Waals surface area contributed by atoms with Crippen molar-refractivity contribution in [3.8, 4) is 0 Å². The van der Waals surface area contributed by atoms with Crippen molar-refractivity contribution >= 4 is 17.4 Å². The van der Waals surface area contributed by atoms with E-state index in [9.17, 15) is 9.59 Å². The van der Waals surface area contributed by atoms with Crippen LogP contribution in [0.2, 0.25) is 0 Å². The molecule has 0 radical (unpaired) electrons. The van der Waals surface area contributed by atoms with Crippen LogP contribution >= 0.6 is 0 Å². The third-order valence-electron chi connectivity index (χ3n) is 2.63. The Morgan fingerprint density at radius 2 is 2.00 bits per heavy atom. The molecule has 0 bridgehead atoms. The molecule has 1 aromatic heterocycles. The fraction of sp³-hybridized carbons (Fsp3) is 0.0769. The van der Waals surface area contributed by atoms with Crippen LogP contribution < -0.4 is 5.73 Å². The summed E-state index contributed by atoms with van der Waals surface area (Å²) in [7, 11) is 0. The van der Waals surface area contributed by atoms with E-state index < -0.39 is 5.97 Å². The summed E-state index contributed by atoms with van der Waals surface area (Å²) in [6, 6.07) is 6.46. The molecular formula is C13H12N2O3. The Morgan fingerprint density at radius 1 is 1.28 bits per heavy atom. The highest BCUT2D eigenvalue weighted by Gasteiger charge is 2.16. The van der Waals surface area contributed by atoms with Gasteiger partial charge in [0.2, 0.25) is 0 Å². The Labute approximate surface area is 103 Å². The fourth-order valence-corrected chi connectivity index (χ4v) is 1.67. The lowest BCUT2D eigenvalue weighted by Crippen LogP contribution is -2.05. The van der Waals surface area contributed by atoms with Crippen molar-refractivity contribution in [3.05, 3.63) is 52.8 Å². The number of aryl methyl sites for hydroxylation is 1. The molecule has 0 amide bonds. The maximum atomic E-state index is 12.2. The number of nitrogens with one attached hydrogen (secondary N) is 1. The van der Waals surface area contributed by atoms with Crippen LogP contribution in [0.1, 0.15) is 32.0 Å². The minimum absolute atomic E-state index is 0.0235. The fourth-order valence-electron chi connectivity index (χ4n) is 1.67. The number of rotatable bonds is 3. The monoisotopic (exact) mass is 244 g/mol. The number of carboxylic acids is 1. The molecule has 0 atom stereocenters. The van der Waals surface area contributed by atoms with Crippen molar-refractivity contribution in [2.24, 2.45) is 0 Å². The van der Waals surface area contributed by atoms with Crippen LogP contribution in [0.4, 0.5) is 5.69 Å². The molecule has 0 fully saturated rings. The number of carboxylic acid groups (broad SMARTS) is 1. The van der Waals surface area contributed by atoms with Gasteiger partial charge in [-0.15, -0.1) is 0 Å². The smallest absolute Gasteiger partial charge is 0.352 e. The second-order valence-electron chi connectivity index (χ2n) is 4.03. The molecule has 2 rings (SSSR count). The second kappa shape index (κ2) is 4.37. The van der Waals surface area contributed by atoms with E-state index in [0.29, 0.717) is 11.3 Å². The minimum Gasteiger partial charge on any atom is -0.477 e. The number of hydrogen-bond acceptors (Lipinski definition) is 3. The van der Waals surface area contributed by atoms with Crippen molar-refractivity contribution in [2.75, 3.05) is 5.73 Å². The van der Waals surface area contributed by atoms with Crippen molar-refractivity contribution in [1.82, 2.24) is 4.98 Å². The molecule has 1 heterocycles. The van der Waals surface area contributed by atoms with Gasteiger partial charge in [-0.25, -0.2) is 4.79 Å². The molecule has 0 saturated carbocycles. The molecule has 0 aliphatic carbocycles. The summed E-state index contributed by atoms with van der Waals surface area (Å²) < 4.78 is 0. The van der Waals surface area contributed by atoms with Crippen LogP contribution in [0.25, 0.3) is 0 Å². The molecule has 2 aromatic rings. The van der Waals surface area contributed by atoms with Crippen molar-refractivity contribution in [2.45, 2.75) is 6.92 Å². The maximum Gasteiger partial charge on any atom is 0.352 e. The Hall–Kier alpha value is -2.56. The highest BCUT2D eigenvalue weighted by molar-refractivity contribution is 6.12. The van der Waals surface area contributed by atoms with Gasteiger partial charge in [-0.3, -0.25) is 4.79 Å². The maximum absolute atomic E-state index is 12.2. The highest BCUT2D eigenvalue weighted by Crippen LogP contribution is 2.18. The SMILES string of the molecule is Cc1ccc(N)c(C(=O)c2c[nH]c(C(=O)O)c2)c1. The first-order valence-corrected chi connectivity index (χ1v) is 5.31. The molecule has 5 heteroatoms. The topological polar surface area (TPSA) is 96.2 Å². The number of ketones is 1. The summed E-state index contributed by atoms with van der Waals surface area (Å²) in [6.07, 6.45) is 1.37. The first-order valence-electron chi connectivity index (χ1n) is 5.31. The Morgan fingerprint density at radius 3 is 2.61 bits per heavy atom. The predicted octanol–water partition coefficient (Wildman–Crippen LogP) is 1.83. The van der Waals surface area contributed by atoms with Crippen molar-refractivity contribution < 1.29 is 14.7 Å². The average molecular weight is 244 g/mol. The van der Waals surface area contributed by atoms with Crippen LogP contribution in [0.5, 0.6) is 0 Å². The van der Waals surface area contributed by atoms with E-state index in [1.165, 1.54) is 12.3 Å². The van der Waals surface area contributed by atoms with E-state index in [-0.39, 0.29) is 17.0 Å². The largest absolute Gasteiger partial charge is 0.477 e. The number of carbonyl (C=O) groups is 2. The van der Waals surface area contributed by atoms with Gasteiger partial charge in [-0.2, -0.15) is 0 Å². The highest BCUT2D eigenvalue weighted by atomic mass is 16.4. The quantitative estimate of drug-likeness (QED) is 0.567. The zero-order valence-corrected chi connectivity index (χ0v) is 9.73. The van der Waals surface area contributed by atoms with Gasteiger partial charge in [0.1, 0.15) is 5.69 Å². The molecule has 18 heavy (non-hydrogen) atoms. The molecule has 0 aliphatic rings. The predicted molar refractivity (Wildman–Crippen MR) is 66.8 cm³/mol. The molecule has 0 saturated heterocycles. The molecule has 4 N–H and O–H groups in total. The van der Waals surface area contributed by atoms with Gasteiger partial charge in [0.05, 0.1) is 0 Å². The van der Waals surface area contributed by atoms with Gasteiger partial charge in [0.25, 0.3) is 0 Å². The second-order valence-corrected chi connectivity index (χ2v) is 4.03. The number of aromatic nitrogens is 1. The molecule has 5 nitrogen and oxygen atoms in total. The van der Waals surface area contributed by atoms with E-state index in [1.54, 1.807) is 12.1 Å². The number of H-pyrrole nitrogens is 1. The van der Waals surface area contributed by atoms with Crippen LogP contribution in [0, 0.1) is 6.92 Å². The lowest BCUT2D eigenvalue weighted by atomic mass is 10.0. The number of anilines is 1. The van der Waals surface area contributed by atoms with Crippen LogP contribution in [0.15, 0.2) is 30.5 Å². The summed E-state index contributed by atoms with van der Waals surface area (Å²) in [4.78, 5) is 25.4. The molecule has 1 aromatic carbocycles. The van der Waals surface area contributed by atoms with Crippen molar-refractivity contribution in [1.29, 1.82) is 0 Å². The Kier molecular flexibility index (Phi) is 2.89. The Balaban J connectivity index is 2.41. The number of aromatic carboxylic acids is 1. The van der Waals surface area contributed by atoms with Gasteiger partial charge in [-0.05, 0) is 25.1 Å². The van der Waals surface area contributed by atoms with E-state index >= 15 is 0 Å². The number of hydrogen-bond donors (Lipinski definition) is 3. The molecule has 92 valence electrons. The summed E-state index contributed by atoms with van der Waals surface area (Å²) >= 11 is 0. The third-order valence-corrected chi connectivity index (χ3v) is 2.63. The van der Waals surface area contributed by atoms with Crippen LogP contribution in [0.3, 0.4) is 0 Å². The van der Waals surface area contributed by atoms with Gasteiger partial charge in [0, 0.05) is 23.0 Å². The number of benzene rings is 1.